The average Bonchev–Trinajstić information content (AvgIpc) is 2.39. The number of hydrogen-bond donors (Lipinski definition) is 1. The number of ether oxygens (including phenoxy) is 2. The van der Waals surface area contributed by atoms with Crippen molar-refractivity contribution >= 4 is 28.5 Å². The van der Waals surface area contributed by atoms with E-state index in [9.17, 15) is 4.79 Å². The van der Waals surface area contributed by atoms with Gasteiger partial charge in [-0.25, -0.2) is 4.79 Å². The Labute approximate surface area is 115 Å². The topological polar surface area (TPSA) is 68.7 Å². The van der Waals surface area contributed by atoms with Gasteiger partial charge in [0.2, 0.25) is 0 Å². The first kappa shape index (κ1) is 15.2. The molecular formula is C13H14ClNO4. The maximum Gasteiger partial charge on any atom is 0.341 e. The van der Waals surface area contributed by atoms with Crippen molar-refractivity contribution in [2.75, 3.05) is 20.8 Å². The lowest BCUT2D eigenvalue weighted by Gasteiger charge is -2.07. The highest BCUT2D eigenvalue weighted by Gasteiger charge is 2.07. The summed E-state index contributed by atoms with van der Waals surface area (Å²) < 4.78 is 9.37. The summed E-state index contributed by atoms with van der Waals surface area (Å²) in [6.45, 7) is -0.396. The van der Waals surface area contributed by atoms with Crippen LogP contribution in [0, 0.1) is 0 Å². The molecule has 0 amide bonds. The van der Waals surface area contributed by atoms with Gasteiger partial charge >= 0.3 is 5.97 Å². The van der Waals surface area contributed by atoms with Crippen LogP contribution in [0.1, 0.15) is 0 Å². The van der Waals surface area contributed by atoms with E-state index < -0.39 is 12.6 Å². The van der Waals surface area contributed by atoms with Crippen LogP contribution in [0.3, 0.4) is 0 Å². The quantitative estimate of drug-likeness (QED) is 0.938. The van der Waals surface area contributed by atoms with Gasteiger partial charge in [0, 0.05) is 25.8 Å². The first-order valence-corrected chi connectivity index (χ1v) is 5.76. The predicted molar refractivity (Wildman–Crippen MR) is 72.8 cm³/mol. The molecule has 0 fully saturated rings. The van der Waals surface area contributed by atoms with E-state index >= 15 is 0 Å². The normalized spacial score (nSPS) is 9.63. The highest BCUT2D eigenvalue weighted by atomic mass is 35.5. The van der Waals surface area contributed by atoms with Crippen LogP contribution in [-0.4, -0.2) is 36.9 Å². The van der Waals surface area contributed by atoms with Gasteiger partial charge in [0.05, 0.1) is 5.02 Å². The van der Waals surface area contributed by atoms with E-state index in [4.69, 9.17) is 21.4 Å². The second-order valence-corrected chi connectivity index (χ2v) is 3.94. The third-order valence-electron chi connectivity index (χ3n) is 2.03. The van der Waals surface area contributed by atoms with Gasteiger partial charge in [-0.1, -0.05) is 11.6 Å². The molecule has 6 heteroatoms. The Morgan fingerprint density at radius 2 is 2.05 bits per heavy atom. The van der Waals surface area contributed by atoms with Crippen molar-refractivity contribution < 1.29 is 19.4 Å². The van der Waals surface area contributed by atoms with Crippen molar-refractivity contribution in [1.82, 2.24) is 4.98 Å². The zero-order chi connectivity index (χ0) is 14.3. The summed E-state index contributed by atoms with van der Waals surface area (Å²) in [6.07, 6.45) is 1.60. The van der Waals surface area contributed by atoms with E-state index in [2.05, 4.69) is 9.72 Å². The molecule has 0 radical (unpaired) electrons. The Morgan fingerprint density at radius 3 is 2.68 bits per heavy atom. The standard InChI is InChI=1S/C11H8ClNO3.C2H6O/c12-8-3-4-9(16-6-10(14)15)11-7(8)2-1-5-13-11;1-3-2/h1-5H,6H2,(H,14,15);1-2H3. The molecule has 1 aromatic carbocycles. The minimum Gasteiger partial charge on any atom is -0.480 e. The van der Waals surface area contributed by atoms with Crippen molar-refractivity contribution in [3.05, 3.63) is 35.5 Å². The largest absolute Gasteiger partial charge is 0.480 e. The Balaban J connectivity index is 0.000000550. The smallest absolute Gasteiger partial charge is 0.341 e. The van der Waals surface area contributed by atoms with E-state index in [-0.39, 0.29) is 0 Å². The molecule has 1 N–H and O–H groups in total. The SMILES string of the molecule is COC.O=C(O)COc1ccc(Cl)c2cccnc12. The minimum absolute atomic E-state index is 0.396. The highest BCUT2D eigenvalue weighted by molar-refractivity contribution is 6.35. The van der Waals surface area contributed by atoms with Crippen molar-refractivity contribution in [1.29, 1.82) is 0 Å². The van der Waals surface area contributed by atoms with Crippen LogP contribution < -0.4 is 4.74 Å². The first-order valence-electron chi connectivity index (χ1n) is 5.38. The molecule has 0 unspecified atom stereocenters. The number of halogens is 1. The Bertz CT molecular complexity index is 559. The van der Waals surface area contributed by atoms with Crippen LogP contribution in [0.25, 0.3) is 10.9 Å². The van der Waals surface area contributed by atoms with Crippen LogP contribution in [0.5, 0.6) is 5.75 Å². The van der Waals surface area contributed by atoms with Crippen molar-refractivity contribution in [2.45, 2.75) is 0 Å². The lowest BCUT2D eigenvalue weighted by Crippen LogP contribution is -2.09. The second-order valence-electron chi connectivity index (χ2n) is 3.54. The number of carbonyl (C=O) groups is 1. The van der Waals surface area contributed by atoms with E-state index in [0.29, 0.717) is 16.3 Å². The minimum atomic E-state index is -1.03. The number of hydrogen-bond acceptors (Lipinski definition) is 4. The molecule has 19 heavy (non-hydrogen) atoms. The second kappa shape index (κ2) is 7.56. The van der Waals surface area contributed by atoms with Gasteiger partial charge in [0.15, 0.2) is 6.61 Å². The first-order chi connectivity index (χ1) is 9.10. The molecule has 1 aromatic heterocycles. The average molecular weight is 284 g/mol. The van der Waals surface area contributed by atoms with Gasteiger partial charge in [0.25, 0.3) is 0 Å². The molecule has 0 atom stereocenters. The van der Waals surface area contributed by atoms with Crippen LogP contribution in [0.15, 0.2) is 30.5 Å². The monoisotopic (exact) mass is 283 g/mol. The van der Waals surface area contributed by atoms with Gasteiger partial charge in [0.1, 0.15) is 11.3 Å². The van der Waals surface area contributed by atoms with Gasteiger partial charge in [-0.3, -0.25) is 4.98 Å². The highest BCUT2D eigenvalue weighted by Crippen LogP contribution is 2.29. The molecular weight excluding hydrogens is 270 g/mol. The number of benzene rings is 1. The number of aliphatic carboxylic acids is 1. The maximum absolute atomic E-state index is 10.4. The molecule has 0 aliphatic rings. The summed E-state index contributed by atoms with van der Waals surface area (Å²) in [5.74, 6) is -0.610. The van der Waals surface area contributed by atoms with E-state index in [0.717, 1.165) is 5.39 Å². The summed E-state index contributed by atoms with van der Waals surface area (Å²) in [5.41, 5.74) is 0.566. The Kier molecular flexibility index (Phi) is 6.05. The molecule has 0 aliphatic heterocycles. The molecule has 102 valence electrons. The van der Waals surface area contributed by atoms with E-state index in [1.54, 1.807) is 44.7 Å². The molecule has 2 rings (SSSR count). The lowest BCUT2D eigenvalue weighted by atomic mass is 10.2. The maximum atomic E-state index is 10.4. The molecule has 1 heterocycles. The van der Waals surface area contributed by atoms with Crippen LogP contribution in [0.4, 0.5) is 0 Å². The summed E-state index contributed by atoms with van der Waals surface area (Å²) >= 11 is 5.98. The molecule has 2 aromatic rings. The summed E-state index contributed by atoms with van der Waals surface area (Å²) in [5, 5.41) is 9.83. The molecule has 0 bridgehead atoms. The fourth-order valence-electron chi connectivity index (χ4n) is 1.37. The molecule has 5 nitrogen and oxygen atoms in total. The van der Waals surface area contributed by atoms with E-state index in [1.807, 2.05) is 0 Å². The third-order valence-corrected chi connectivity index (χ3v) is 2.36. The number of rotatable bonds is 3. The third kappa shape index (κ3) is 4.39. The molecule has 0 saturated heterocycles. The summed E-state index contributed by atoms with van der Waals surface area (Å²) in [7, 11) is 3.25. The number of nitrogens with zero attached hydrogens (tertiary/aromatic N) is 1. The van der Waals surface area contributed by atoms with Crippen LogP contribution in [-0.2, 0) is 9.53 Å². The number of methoxy groups -OCH3 is 1. The number of fused-ring (bicyclic) bond motifs is 1. The van der Waals surface area contributed by atoms with Crippen molar-refractivity contribution in [2.24, 2.45) is 0 Å². The molecule has 0 aliphatic carbocycles. The van der Waals surface area contributed by atoms with Gasteiger partial charge in [-0.2, -0.15) is 0 Å². The number of pyridine rings is 1. The summed E-state index contributed by atoms with van der Waals surface area (Å²) in [4.78, 5) is 14.5. The predicted octanol–water partition coefficient (Wildman–Crippen LogP) is 2.61. The van der Waals surface area contributed by atoms with Gasteiger partial charge < -0.3 is 14.6 Å². The molecule has 0 saturated carbocycles. The summed E-state index contributed by atoms with van der Waals surface area (Å²) in [6, 6.07) is 6.83. The van der Waals surface area contributed by atoms with E-state index in [1.165, 1.54) is 0 Å². The number of carboxylic acids is 1. The van der Waals surface area contributed by atoms with Crippen molar-refractivity contribution in [3.8, 4) is 5.75 Å². The van der Waals surface area contributed by atoms with Gasteiger partial charge in [-0.05, 0) is 24.3 Å². The number of aromatic nitrogens is 1. The van der Waals surface area contributed by atoms with Crippen molar-refractivity contribution in [3.63, 3.8) is 0 Å². The molecule has 0 spiro atoms. The fraction of sp³-hybridized carbons (Fsp3) is 0.231. The zero-order valence-corrected chi connectivity index (χ0v) is 11.3. The fourth-order valence-corrected chi connectivity index (χ4v) is 1.58. The van der Waals surface area contributed by atoms with Gasteiger partial charge in [-0.15, -0.1) is 0 Å². The lowest BCUT2D eigenvalue weighted by molar-refractivity contribution is -0.139. The Morgan fingerprint density at radius 1 is 1.37 bits per heavy atom. The Hall–Kier alpha value is -1.85. The van der Waals surface area contributed by atoms with Crippen LogP contribution in [0.2, 0.25) is 5.02 Å². The zero-order valence-electron chi connectivity index (χ0n) is 10.6. The number of carboxylic acid groups (broad SMARTS) is 1. The van der Waals surface area contributed by atoms with Crippen LogP contribution >= 0.6 is 11.6 Å².